The Balaban J connectivity index is 2.12. The summed E-state index contributed by atoms with van der Waals surface area (Å²) in [5.41, 5.74) is -0.335. The van der Waals surface area contributed by atoms with Crippen LogP contribution in [0.3, 0.4) is 0 Å². The molecule has 2 atom stereocenters. The van der Waals surface area contributed by atoms with Crippen molar-refractivity contribution in [2.24, 2.45) is 0 Å². The maximum atomic E-state index is 12.8. The molecule has 0 saturated carbocycles. The number of allylic oxidation sites excluding steroid dienone is 2. The van der Waals surface area contributed by atoms with Crippen molar-refractivity contribution in [1.82, 2.24) is 10.2 Å². The van der Waals surface area contributed by atoms with E-state index in [9.17, 15) is 19.8 Å². The minimum Gasteiger partial charge on any atom is -0.507 e. The van der Waals surface area contributed by atoms with E-state index in [2.05, 4.69) is 5.32 Å². The molecule has 1 fully saturated rings. The number of benzene rings is 1. The van der Waals surface area contributed by atoms with Gasteiger partial charge in [0, 0.05) is 25.2 Å². The normalized spacial score (nSPS) is 24.9. The number of carbonyl (C=O) groups excluding carboxylic acids is 2. The lowest BCUT2D eigenvalue weighted by Gasteiger charge is -2.39. The zero-order chi connectivity index (χ0) is 16.9. The molecule has 2 unspecified atom stereocenters. The third-order valence-corrected chi connectivity index (χ3v) is 4.46. The minimum atomic E-state index is -0.650. The van der Waals surface area contributed by atoms with Crippen molar-refractivity contribution in [2.45, 2.75) is 25.9 Å². The molecule has 1 aromatic rings. The van der Waals surface area contributed by atoms with Crippen LogP contribution < -0.4 is 5.32 Å². The highest BCUT2D eigenvalue weighted by molar-refractivity contribution is 6.50. The Labute approximate surface area is 138 Å². The average molecular weight is 337 g/mol. The predicted molar refractivity (Wildman–Crippen MR) is 84.9 cm³/mol. The van der Waals surface area contributed by atoms with Gasteiger partial charge in [-0.1, -0.05) is 11.6 Å². The van der Waals surface area contributed by atoms with Crippen LogP contribution in [0.15, 0.2) is 22.9 Å². The number of nitrogens with one attached hydrogen (secondary N) is 1. The fraction of sp³-hybridized carbons (Fsp3) is 0.375. The largest absolute Gasteiger partial charge is 0.507 e. The number of fused-ring (bicyclic) bond motifs is 1. The molecule has 1 aliphatic heterocycles. The van der Waals surface area contributed by atoms with Gasteiger partial charge in [0.2, 0.25) is 11.6 Å². The van der Waals surface area contributed by atoms with E-state index in [-0.39, 0.29) is 45.4 Å². The van der Waals surface area contributed by atoms with Crippen molar-refractivity contribution >= 4 is 23.2 Å². The number of halogens is 1. The molecule has 2 aliphatic rings. The minimum absolute atomic E-state index is 0.0882. The summed E-state index contributed by atoms with van der Waals surface area (Å²) in [5.74, 6) is -1.90. The second-order valence-electron chi connectivity index (χ2n) is 6.05. The monoisotopic (exact) mass is 336 g/mol. The van der Waals surface area contributed by atoms with Crippen LogP contribution in [0.1, 0.15) is 34.6 Å². The molecule has 7 heteroatoms. The number of carbonyl (C=O) groups is 2. The molecule has 3 N–H and O–H groups in total. The van der Waals surface area contributed by atoms with Crippen LogP contribution in [-0.2, 0) is 0 Å². The Hall–Kier alpha value is -2.05. The maximum absolute atomic E-state index is 12.8. The fourth-order valence-electron chi connectivity index (χ4n) is 3.27. The van der Waals surface area contributed by atoms with Gasteiger partial charge in [0.25, 0.3) is 0 Å². The van der Waals surface area contributed by atoms with Gasteiger partial charge in [0.15, 0.2) is 0 Å². The number of phenolic OH excluding ortho intramolecular Hbond substituents is 2. The van der Waals surface area contributed by atoms with Crippen LogP contribution in [0.5, 0.6) is 11.5 Å². The number of phenols is 2. The van der Waals surface area contributed by atoms with Crippen molar-refractivity contribution in [3.8, 4) is 11.5 Å². The Morgan fingerprint density at radius 3 is 2.04 bits per heavy atom. The first kappa shape index (κ1) is 15.8. The topological polar surface area (TPSA) is 89.9 Å². The highest BCUT2D eigenvalue weighted by Gasteiger charge is 2.39. The molecule has 6 nitrogen and oxygen atoms in total. The molecule has 0 bridgehead atoms. The first-order valence-electron chi connectivity index (χ1n) is 7.36. The number of rotatable bonds is 1. The Morgan fingerprint density at radius 1 is 1.04 bits per heavy atom. The molecular formula is C16H17ClN2O4. The smallest absolute Gasteiger partial charge is 0.215 e. The molecule has 3 rings (SSSR count). The van der Waals surface area contributed by atoms with Gasteiger partial charge < -0.3 is 20.4 Å². The number of nitrogens with zero attached hydrogens (tertiary/aromatic N) is 1. The number of ketones is 2. The van der Waals surface area contributed by atoms with Crippen molar-refractivity contribution < 1.29 is 19.8 Å². The Bertz CT molecular complexity index is 734. The van der Waals surface area contributed by atoms with Gasteiger partial charge >= 0.3 is 0 Å². The summed E-state index contributed by atoms with van der Waals surface area (Å²) in [6, 6.07) is 2.61. The van der Waals surface area contributed by atoms with Gasteiger partial charge in [0.05, 0.1) is 11.1 Å². The number of Topliss-reactive ketones (excluding diaryl/α,β-unsaturated/α-hetero) is 2. The number of aromatic hydroxyl groups is 2. The highest BCUT2D eigenvalue weighted by atomic mass is 35.5. The zero-order valence-electron chi connectivity index (χ0n) is 12.8. The summed E-state index contributed by atoms with van der Waals surface area (Å²) in [4.78, 5) is 27.1. The van der Waals surface area contributed by atoms with Gasteiger partial charge in [-0.25, -0.2) is 0 Å². The van der Waals surface area contributed by atoms with Gasteiger partial charge in [0.1, 0.15) is 22.2 Å². The van der Waals surface area contributed by atoms with E-state index < -0.39 is 11.6 Å². The predicted octanol–water partition coefficient (Wildman–Crippen LogP) is 1.61. The van der Waals surface area contributed by atoms with Gasteiger partial charge in [-0.3, -0.25) is 9.59 Å². The maximum Gasteiger partial charge on any atom is 0.215 e. The molecule has 23 heavy (non-hydrogen) atoms. The Morgan fingerprint density at radius 2 is 1.52 bits per heavy atom. The summed E-state index contributed by atoms with van der Waals surface area (Å²) in [6.45, 7) is 4.99. The number of piperazine rings is 1. The van der Waals surface area contributed by atoms with E-state index in [4.69, 9.17) is 11.6 Å². The van der Waals surface area contributed by atoms with Crippen molar-refractivity contribution in [2.75, 3.05) is 13.1 Å². The van der Waals surface area contributed by atoms with Crippen molar-refractivity contribution in [3.63, 3.8) is 0 Å². The molecule has 1 aliphatic carbocycles. The molecule has 0 aromatic heterocycles. The second kappa shape index (κ2) is 5.54. The summed E-state index contributed by atoms with van der Waals surface area (Å²) < 4.78 is 0. The van der Waals surface area contributed by atoms with Gasteiger partial charge in [-0.2, -0.15) is 0 Å². The molecular weight excluding hydrogens is 320 g/mol. The summed E-state index contributed by atoms with van der Waals surface area (Å²) >= 11 is 6.16. The quantitative estimate of drug-likeness (QED) is 0.675. The number of hydrogen-bond acceptors (Lipinski definition) is 6. The molecule has 1 saturated heterocycles. The lowest BCUT2D eigenvalue weighted by Crippen LogP contribution is -2.55. The molecule has 1 aromatic carbocycles. The zero-order valence-corrected chi connectivity index (χ0v) is 13.5. The van der Waals surface area contributed by atoms with E-state index in [0.29, 0.717) is 13.1 Å². The van der Waals surface area contributed by atoms with Crippen LogP contribution in [-0.4, -0.2) is 51.9 Å². The first-order valence-corrected chi connectivity index (χ1v) is 7.74. The second-order valence-corrected chi connectivity index (χ2v) is 6.43. The number of hydrogen-bond donors (Lipinski definition) is 3. The van der Waals surface area contributed by atoms with E-state index in [0.717, 1.165) is 0 Å². The average Bonchev–Trinajstić information content (AvgIpc) is 2.46. The fourth-order valence-corrected chi connectivity index (χ4v) is 3.57. The first-order chi connectivity index (χ1) is 10.8. The summed E-state index contributed by atoms with van der Waals surface area (Å²) in [5, 5.41) is 23.0. The molecule has 0 radical (unpaired) electrons. The van der Waals surface area contributed by atoms with Gasteiger partial charge in [-0.05, 0) is 26.0 Å². The van der Waals surface area contributed by atoms with Crippen molar-refractivity contribution in [3.05, 3.63) is 34.0 Å². The van der Waals surface area contributed by atoms with E-state index >= 15 is 0 Å². The van der Waals surface area contributed by atoms with E-state index in [1.54, 1.807) is 4.90 Å². The van der Waals surface area contributed by atoms with Crippen LogP contribution in [0, 0.1) is 0 Å². The van der Waals surface area contributed by atoms with Crippen LogP contribution >= 0.6 is 11.6 Å². The molecule has 1 heterocycles. The summed E-state index contributed by atoms with van der Waals surface area (Å²) in [7, 11) is 0. The third kappa shape index (κ3) is 2.48. The van der Waals surface area contributed by atoms with Crippen molar-refractivity contribution in [1.29, 1.82) is 0 Å². The third-order valence-electron chi connectivity index (χ3n) is 4.11. The van der Waals surface area contributed by atoms with E-state index in [1.165, 1.54) is 12.1 Å². The van der Waals surface area contributed by atoms with Gasteiger partial charge in [-0.15, -0.1) is 0 Å². The molecule has 122 valence electrons. The molecule has 0 amide bonds. The standard InChI is InChI=1S/C16H17ClN2O4/c1-7-5-19(6-8(2)18-7)14-13(17)15(22)11-9(20)3-4-10(21)12(11)16(14)23/h3-4,7-8,18,20-21H,5-6H2,1-2H3. The van der Waals surface area contributed by atoms with Crippen LogP contribution in [0.25, 0.3) is 0 Å². The van der Waals surface area contributed by atoms with E-state index in [1.807, 2.05) is 13.8 Å². The lowest BCUT2D eigenvalue weighted by molar-refractivity contribution is 0.0922. The van der Waals surface area contributed by atoms with Crippen LogP contribution in [0.4, 0.5) is 0 Å². The summed E-state index contributed by atoms with van der Waals surface area (Å²) in [6.07, 6.45) is 0. The lowest BCUT2D eigenvalue weighted by atomic mass is 9.89. The SMILES string of the molecule is CC1CN(C2=C(Cl)C(=O)c3c(O)ccc(O)c3C2=O)CC(C)N1. The molecule has 0 spiro atoms. The highest BCUT2D eigenvalue weighted by Crippen LogP contribution is 2.39. The van der Waals surface area contributed by atoms with Crippen LogP contribution in [0.2, 0.25) is 0 Å². The Kier molecular flexibility index (Phi) is 3.82.